The molecule has 3 aliphatic rings. The number of alkyl halides is 3. The summed E-state index contributed by atoms with van der Waals surface area (Å²) in [5.74, 6) is -2.41. The number of aromatic nitrogens is 1. The Balaban J connectivity index is 1.29. The molecule has 0 unspecified atom stereocenters. The molecule has 2 aliphatic carbocycles. The number of nitrogens with zero attached hydrogens (tertiary/aromatic N) is 2. The Morgan fingerprint density at radius 2 is 1.84 bits per heavy atom. The van der Waals surface area contributed by atoms with Crippen molar-refractivity contribution in [2.45, 2.75) is 99.4 Å². The number of benzene rings is 2. The third-order valence-electron chi connectivity index (χ3n) is 10.9. The average Bonchev–Trinajstić information content (AvgIpc) is 4.04. The second kappa shape index (κ2) is 15.7. The Bertz CT molecular complexity index is 2070. The molecule has 3 aromatic rings. The van der Waals surface area contributed by atoms with Gasteiger partial charge >= 0.3 is 6.18 Å². The van der Waals surface area contributed by atoms with Crippen molar-refractivity contribution < 1.29 is 40.7 Å². The highest BCUT2D eigenvalue weighted by atomic mass is 32.2. The lowest BCUT2D eigenvalue weighted by molar-refractivity contribution is -0.140. The zero-order chi connectivity index (χ0) is 39.6. The molecular formula is C40H46F3N5O6S. The number of fused-ring (bicyclic) bond motifs is 1. The van der Waals surface area contributed by atoms with Gasteiger partial charge in [0, 0.05) is 29.6 Å². The van der Waals surface area contributed by atoms with E-state index in [2.05, 4.69) is 33.5 Å². The molecule has 3 N–H and O–H groups in total. The Hall–Kier alpha value is -4.92. The van der Waals surface area contributed by atoms with Crippen LogP contribution in [0.1, 0.15) is 70.3 Å². The van der Waals surface area contributed by atoms with Gasteiger partial charge in [-0.1, -0.05) is 49.3 Å². The molecule has 11 nitrogen and oxygen atoms in total. The van der Waals surface area contributed by atoms with E-state index in [9.17, 15) is 36.0 Å². The highest BCUT2D eigenvalue weighted by Crippen LogP contribution is 2.47. The number of allylic oxidation sites excluding steroid dienone is 1. The van der Waals surface area contributed by atoms with Gasteiger partial charge in [0.05, 0.1) is 16.9 Å². The van der Waals surface area contributed by atoms with Gasteiger partial charge in [-0.3, -0.25) is 19.1 Å². The van der Waals surface area contributed by atoms with Crippen molar-refractivity contribution >= 4 is 44.2 Å². The number of nitrogens with one attached hydrogen (secondary N) is 3. The van der Waals surface area contributed by atoms with Crippen molar-refractivity contribution in [3.8, 4) is 5.88 Å². The summed E-state index contributed by atoms with van der Waals surface area (Å²) < 4.78 is 74.4. The first-order valence-corrected chi connectivity index (χ1v) is 20.0. The van der Waals surface area contributed by atoms with Crippen molar-refractivity contribution in [1.29, 1.82) is 0 Å². The van der Waals surface area contributed by atoms with E-state index in [4.69, 9.17) is 4.74 Å². The van der Waals surface area contributed by atoms with Gasteiger partial charge in [0.1, 0.15) is 23.7 Å². The van der Waals surface area contributed by atoms with E-state index in [-0.39, 0.29) is 31.5 Å². The molecule has 0 spiro atoms. The summed E-state index contributed by atoms with van der Waals surface area (Å²) >= 11 is 0. The number of rotatable bonds is 17. The maximum absolute atomic E-state index is 14.6. The molecule has 3 fully saturated rings. The number of sulfonamides is 1. The number of carbonyl (C=O) groups is 3. The third kappa shape index (κ3) is 8.66. The van der Waals surface area contributed by atoms with Crippen LogP contribution in [0.4, 0.5) is 18.9 Å². The molecule has 1 aromatic heterocycles. The van der Waals surface area contributed by atoms with Gasteiger partial charge < -0.3 is 20.3 Å². The number of carbonyl (C=O) groups excluding carboxylic acids is 3. The second-order valence-electron chi connectivity index (χ2n) is 14.9. The summed E-state index contributed by atoms with van der Waals surface area (Å²) in [5.41, 5.74) is -2.41. The molecule has 294 valence electrons. The van der Waals surface area contributed by atoms with Crippen molar-refractivity contribution in [3.05, 3.63) is 91.7 Å². The minimum Gasteiger partial charge on any atom is -0.472 e. The number of ether oxygens (including phenoxy) is 1. The standard InChI is InChI=1S/C40H46F3N5O6S/c1-4-6-7-8-9-17-32(45-29-15-12-14-28(22-29)40(41,42)43)36(50)48-25-30(54-35-31-16-11-10-13-26(31)18-21-44-35)23-33(48)34(49)46-39(24-27(39)5-2)37(51)47-55(52,53)38(3)19-20-38/h4-5,10-16,18,21-22,27,30,32-33,45H,1-2,6-9,17,19-20,23-25H2,3H3,(H,46,49)(H,47,51)/t27-,30-,32+,33+,39-/m1/s1. The van der Waals surface area contributed by atoms with Crippen LogP contribution in [0.2, 0.25) is 0 Å². The van der Waals surface area contributed by atoms with Gasteiger partial charge in [-0.15, -0.1) is 13.2 Å². The maximum atomic E-state index is 14.6. The zero-order valence-corrected chi connectivity index (χ0v) is 31.4. The number of anilines is 1. The first-order chi connectivity index (χ1) is 26.1. The van der Waals surface area contributed by atoms with Crippen LogP contribution in [-0.2, 0) is 30.6 Å². The molecule has 55 heavy (non-hydrogen) atoms. The summed E-state index contributed by atoms with van der Waals surface area (Å²) in [6, 6.07) is 11.6. The third-order valence-corrected chi connectivity index (χ3v) is 13.0. The Morgan fingerprint density at radius 3 is 2.53 bits per heavy atom. The van der Waals surface area contributed by atoms with Crippen LogP contribution in [-0.4, -0.2) is 71.0 Å². The van der Waals surface area contributed by atoms with Crippen molar-refractivity contribution in [3.63, 3.8) is 0 Å². The highest BCUT2D eigenvalue weighted by molar-refractivity contribution is 7.91. The van der Waals surface area contributed by atoms with Gasteiger partial charge in [0.2, 0.25) is 27.7 Å². The first-order valence-electron chi connectivity index (χ1n) is 18.5. The summed E-state index contributed by atoms with van der Waals surface area (Å²) in [5, 5.41) is 7.36. The van der Waals surface area contributed by atoms with E-state index < -0.39 is 73.9 Å². The summed E-state index contributed by atoms with van der Waals surface area (Å²) in [6.45, 7) is 8.97. The molecule has 0 radical (unpaired) electrons. The van der Waals surface area contributed by atoms with Crippen LogP contribution in [0.25, 0.3) is 10.8 Å². The fraction of sp³-hybridized carbons (Fsp3) is 0.450. The number of likely N-dealkylation sites (tertiary alicyclic amines) is 1. The van der Waals surface area contributed by atoms with Crippen LogP contribution in [0.15, 0.2) is 86.1 Å². The van der Waals surface area contributed by atoms with Crippen LogP contribution in [0.3, 0.4) is 0 Å². The number of pyridine rings is 1. The van der Waals surface area contributed by atoms with E-state index >= 15 is 0 Å². The minimum absolute atomic E-state index is 0.00902. The summed E-state index contributed by atoms with van der Waals surface area (Å²) in [4.78, 5) is 48.3. The Labute approximate surface area is 318 Å². The fourth-order valence-electron chi connectivity index (χ4n) is 7.09. The van der Waals surface area contributed by atoms with Gasteiger partial charge in [0.25, 0.3) is 5.91 Å². The van der Waals surface area contributed by atoms with Crippen LogP contribution in [0, 0.1) is 5.92 Å². The molecule has 2 aromatic carbocycles. The van der Waals surface area contributed by atoms with E-state index in [1.54, 1.807) is 19.2 Å². The lowest BCUT2D eigenvalue weighted by atomic mass is 10.0. The number of halogens is 3. The lowest BCUT2D eigenvalue weighted by Crippen LogP contribution is -2.58. The fourth-order valence-corrected chi connectivity index (χ4v) is 8.41. The molecule has 2 heterocycles. The minimum atomic E-state index is -4.61. The average molecular weight is 782 g/mol. The van der Waals surface area contributed by atoms with Crippen LogP contribution < -0.4 is 20.1 Å². The maximum Gasteiger partial charge on any atom is 0.416 e. The molecule has 3 amide bonds. The van der Waals surface area contributed by atoms with Gasteiger partial charge in [-0.2, -0.15) is 13.2 Å². The molecule has 6 rings (SSSR count). The van der Waals surface area contributed by atoms with E-state index in [1.165, 1.54) is 23.1 Å². The highest BCUT2D eigenvalue weighted by Gasteiger charge is 2.63. The van der Waals surface area contributed by atoms with Crippen LogP contribution in [0.5, 0.6) is 5.88 Å². The lowest BCUT2D eigenvalue weighted by Gasteiger charge is -2.30. The van der Waals surface area contributed by atoms with Gasteiger partial charge in [-0.05, 0) is 81.2 Å². The second-order valence-corrected chi connectivity index (χ2v) is 17.1. The summed E-state index contributed by atoms with van der Waals surface area (Å²) in [6.07, 6.45) is 3.48. The van der Waals surface area contributed by atoms with E-state index in [1.807, 2.05) is 30.3 Å². The largest absolute Gasteiger partial charge is 0.472 e. The first kappa shape index (κ1) is 39.8. The van der Waals surface area contributed by atoms with Gasteiger partial charge in [0.15, 0.2) is 0 Å². The monoisotopic (exact) mass is 781 g/mol. The quantitative estimate of drug-likeness (QED) is 0.107. The molecule has 2 saturated carbocycles. The molecule has 1 saturated heterocycles. The molecule has 1 aliphatic heterocycles. The predicted octanol–water partition coefficient (Wildman–Crippen LogP) is 6.28. The predicted molar refractivity (Wildman–Crippen MR) is 202 cm³/mol. The van der Waals surface area contributed by atoms with Crippen molar-refractivity contribution in [2.24, 2.45) is 5.92 Å². The van der Waals surface area contributed by atoms with E-state index in [0.29, 0.717) is 30.5 Å². The zero-order valence-electron chi connectivity index (χ0n) is 30.6. The number of unbranched alkanes of at least 4 members (excludes halogenated alkanes) is 3. The SMILES string of the molecule is C=CCCCCC[C@H](Nc1cccc(C(F)(F)F)c1)C(=O)N1C[C@H](Oc2nccc3ccccc23)C[C@H]1C(=O)N[C@]1(C(=O)NS(=O)(=O)C2(C)CC2)C[C@H]1C=C. The number of amides is 3. The molecule has 15 heteroatoms. The molecule has 0 bridgehead atoms. The summed E-state index contributed by atoms with van der Waals surface area (Å²) in [7, 11) is -4.03. The Morgan fingerprint density at radius 1 is 1.07 bits per heavy atom. The number of hydrogen-bond acceptors (Lipinski definition) is 8. The topological polar surface area (TPSA) is 147 Å². The Kier molecular flexibility index (Phi) is 11.3. The van der Waals surface area contributed by atoms with E-state index in [0.717, 1.165) is 36.8 Å². The van der Waals surface area contributed by atoms with Gasteiger partial charge in [-0.25, -0.2) is 13.4 Å². The molecule has 5 atom stereocenters. The smallest absolute Gasteiger partial charge is 0.416 e. The molecular weight excluding hydrogens is 736 g/mol. The van der Waals surface area contributed by atoms with Crippen molar-refractivity contribution in [1.82, 2.24) is 19.9 Å². The normalized spacial score (nSPS) is 23.3. The number of hydrogen-bond donors (Lipinski definition) is 3. The van der Waals surface area contributed by atoms with Crippen LogP contribution >= 0.6 is 0 Å². The van der Waals surface area contributed by atoms with Crippen molar-refractivity contribution in [2.75, 3.05) is 11.9 Å².